The minimum atomic E-state index is -0.846. The Morgan fingerprint density at radius 1 is 1.31 bits per heavy atom. The molecule has 0 bridgehead atoms. The van der Waals surface area contributed by atoms with Crippen LogP contribution >= 0.6 is 0 Å². The van der Waals surface area contributed by atoms with Gasteiger partial charge in [0.05, 0.1) is 6.54 Å². The first-order chi connectivity index (χ1) is 7.47. The number of rotatable bonds is 9. The molecular formula is C10H20N2O4. The molecule has 16 heavy (non-hydrogen) atoms. The lowest BCUT2D eigenvalue weighted by atomic mass is 10.1. The fraction of sp³-hybridized carbons (Fsp3) is 0.800. The van der Waals surface area contributed by atoms with Crippen LogP contribution in [0.1, 0.15) is 19.3 Å². The largest absolute Gasteiger partial charge is 0.480 e. The molecule has 0 aromatic rings. The summed E-state index contributed by atoms with van der Waals surface area (Å²) in [5, 5.41) is 20.0. The van der Waals surface area contributed by atoms with Crippen molar-refractivity contribution in [1.29, 1.82) is 0 Å². The Morgan fingerprint density at radius 3 is 2.38 bits per heavy atom. The number of carboxylic acids is 2. The van der Waals surface area contributed by atoms with Gasteiger partial charge in [-0.1, -0.05) is 6.42 Å². The minimum Gasteiger partial charge on any atom is -0.480 e. The summed E-state index contributed by atoms with van der Waals surface area (Å²) in [6.07, 6.45) is 2.13. The fourth-order valence-corrected chi connectivity index (χ4v) is 1.43. The average molecular weight is 232 g/mol. The van der Waals surface area contributed by atoms with Gasteiger partial charge in [-0.25, -0.2) is 0 Å². The van der Waals surface area contributed by atoms with Crippen LogP contribution in [0.25, 0.3) is 0 Å². The molecule has 0 aliphatic heterocycles. The summed E-state index contributed by atoms with van der Waals surface area (Å²) in [5.74, 6) is -1.69. The highest BCUT2D eigenvalue weighted by molar-refractivity contribution is 5.73. The predicted molar refractivity (Wildman–Crippen MR) is 59.5 cm³/mol. The quantitative estimate of drug-likeness (QED) is 0.479. The van der Waals surface area contributed by atoms with Gasteiger partial charge in [0.15, 0.2) is 0 Å². The molecule has 6 nitrogen and oxygen atoms in total. The number of carboxylic acid groups (broad SMARTS) is 2. The SMILES string of the molecule is CN[C@H](CCCCN(C)CC(=O)O)C(=O)O. The Bertz CT molecular complexity index is 233. The van der Waals surface area contributed by atoms with Crippen molar-refractivity contribution < 1.29 is 19.8 Å². The van der Waals surface area contributed by atoms with Gasteiger partial charge in [-0.3, -0.25) is 14.5 Å². The van der Waals surface area contributed by atoms with E-state index in [1.807, 2.05) is 0 Å². The van der Waals surface area contributed by atoms with Gasteiger partial charge in [0, 0.05) is 0 Å². The third-order valence-electron chi connectivity index (χ3n) is 2.33. The number of likely N-dealkylation sites (N-methyl/N-ethyl adjacent to an activating group) is 2. The molecule has 0 fully saturated rings. The van der Waals surface area contributed by atoms with Crippen molar-refractivity contribution >= 4 is 11.9 Å². The van der Waals surface area contributed by atoms with Gasteiger partial charge in [0.25, 0.3) is 0 Å². The van der Waals surface area contributed by atoms with Gasteiger partial charge >= 0.3 is 11.9 Å². The van der Waals surface area contributed by atoms with Crippen molar-refractivity contribution in [3.8, 4) is 0 Å². The maximum atomic E-state index is 10.7. The van der Waals surface area contributed by atoms with E-state index in [9.17, 15) is 9.59 Å². The third-order valence-corrected chi connectivity index (χ3v) is 2.33. The van der Waals surface area contributed by atoms with E-state index in [4.69, 9.17) is 10.2 Å². The Kier molecular flexibility index (Phi) is 7.49. The van der Waals surface area contributed by atoms with Crippen molar-refractivity contribution in [1.82, 2.24) is 10.2 Å². The summed E-state index contributed by atoms with van der Waals surface area (Å²) in [5.41, 5.74) is 0. The van der Waals surface area contributed by atoms with Crippen molar-refractivity contribution in [3.05, 3.63) is 0 Å². The van der Waals surface area contributed by atoms with Crippen LogP contribution in [0.3, 0.4) is 0 Å². The number of hydrogen-bond acceptors (Lipinski definition) is 4. The zero-order valence-electron chi connectivity index (χ0n) is 9.77. The highest BCUT2D eigenvalue weighted by Gasteiger charge is 2.13. The van der Waals surface area contributed by atoms with Gasteiger partial charge in [-0.05, 0) is 33.5 Å². The maximum absolute atomic E-state index is 10.7. The Morgan fingerprint density at radius 2 is 1.94 bits per heavy atom. The zero-order chi connectivity index (χ0) is 12.6. The second-order valence-corrected chi connectivity index (χ2v) is 3.81. The number of nitrogens with one attached hydrogen (secondary N) is 1. The van der Waals surface area contributed by atoms with Gasteiger partial charge < -0.3 is 15.5 Å². The molecule has 0 aliphatic rings. The molecule has 0 radical (unpaired) electrons. The zero-order valence-corrected chi connectivity index (χ0v) is 9.77. The van der Waals surface area contributed by atoms with Gasteiger partial charge in [-0.15, -0.1) is 0 Å². The first-order valence-electron chi connectivity index (χ1n) is 5.27. The van der Waals surface area contributed by atoms with Crippen LogP contribution in [0.5, 0.6) is 0 Å². The topological polar surface area (TPSA) is 89.9 Å². The molecule has 0 rings (SSSR count). The molecule has 0 amide bonds. The fourth-order valence-electron chi connectivity index (χ4n) is 1.43. The molecular weight excluding hydrogens is 212 g/mol. The highest BCUT2D eigenvalue weighted by atomic mass is 16.4. The molecule has 0 spiro atoms. The monoisotopic (exact) mass is 232 g/mol. The number of nitrogens with zero attached hydrogens (tertiary/aromatic N) is 1. The Labute approximate surface area is 95.2 Å². The summed E-state index contributed by atoms with van der Waals surface area (Å²) < 4.78 is 0. The molecule has 3 N–H and O–H groups in total. The normalized spacial score (nSPS) is 12.7. The van der Waals surface area contributed by atoms with E-state index in [0.29, 0.717) is 13.0 Å². The van der Waals surface area contributed by atoms with E-state index < -0.39 is 18.0 Å². The summed E-state index contributed by atoms with van der Waals surface area (Å²) >= 11 is 0. The van der Waals surface area contributed by atoms with Crippen molar-refractivity contribution in [3.63, 3.8) is 0 Å². The van der Waals surface area contributed by atoms with E-state index in [-0.39, 0.29) is 6.54 Å². The van der Waals surface area contributed by atoms with Gasteiger partial charge in [0.2, 0.25) is 0 Å². The second kappa shape index (κ2) is 8.06. The van der Waals surface area contributed by atoms with Crippen LogP contribution in [0.2, 0.25) is 0 Å². The molecule has 94 valence electrons. The predicted octanol–water partition coefficient (Wildman–Crippen LogP) is -0.154. The summed E-state index contributed by atoms with van der Waals surface area (Å²) in [6.45, 7) is 0.691. The highest BCUT2D eigenvalue weighted by Crippen LogP contribution is 2.02. The molecule has 1 atom stereocenters. The minimum absolute atomic E-state index is 0.0222. The number of carbonyl (C=O) groups is 2. The van der Waals surface area contributed by atoms with E-state index >= 15 is 0 Å². The van der Waals surface area contributed by atoms with Crippen LogP contribution in [0.15, 0.2) is 0 Å². The number of unbranched alkanes of at least 4 members (excludes halogenated alkanes) is 1. The van der Waals surface area contributed by atoms with Gasteiger partial charge in [0.1, 0.15) is 6.04 Å². The first kappa shape index (κ1) is 14.9. The molecule has 0 saturated carbocycles. The van der Waals surface area contributed by atoms with Crippen molar-refractivity contribution in [2.75, 3.05) is 27.2 Å². The maximum Gasteiger partial charge on any atom is 0.320 e. The molecule has 0 saturated heterocycles. The average Bonchev–Trinajstić information content (AvgIpc) is 2.16. The summed E-state index contributed by atoms with van der Waals surface area (Å²) in [6, 6.07) is -0.509. The number of aliphatic carboxylic acids is 2. The Hall–Kier alpha value is -1.14. The van der Waals surface area contributed by atoms with E-state index in [0.717, 1.165) is 12.8 Å². The molecule has 6 heteroatoms. The van der Waals surface area contributed by atoms with E-state index in [1.54, 1.807) is 19.0 Å². The lowest BCUT2D eigenvalue weighted by Crippen LogP contribution is -2.34. The van der Waals surface area contributed by atoms with Crippen LogP contribution < -0.4 is 5.32 Å². The lowest BCUT2D eigenvalue weighted by molar-refractivity contribution is -0.139. The standard InChI is InChI=1S/C10H20N2O4/c1-11-8(10(15)16)5-3-4-6-12(2)7-9(13)14/h8,11H,3-7H2,1-2H3,(H,13,14)(H,15,16)/t8-/m1/s1. The summed E-state index contributed by atoms with van der Waals surface area (Å²) in [4.78, 5) is 22.7. The molecule has 0 aliphatic carbocycles. The molecule has 0 unspecified atom stereocenters. The van der Waals surface area contributed by atoms with E-state index in [2.05, 4.69) is 5.32 Å². The third kappa shape index (κ3) is 7.19. The van der Waals surface area contributed by atoms with Crippen molar-refractivity contribution in [2.24, 2.45) is 0 Å². The molecule has 0 heterocycles. The Balaban J connectivity index is 3.59. The van der Waals surface area contributed by atoms with E-state index in [1.165, 1.54) is 0 Å². The van der Waals surface area contributed by atoms with Gasteiger partial charge in [-0.2, -0.15) is 0 Å². The van der Waals surface area contributed by atoms with Crippen molar-refractivity contribution in [2.45, 2.75) is 25.3 Å². The summed E-state index contributed by atoms with van der Waals surface area (Å²) in [7, 11) is 3.36. The molecule has 0 aromatic carbocycles. The second-order valence-electron chi connectivity index (χ2n) is 3.81. The smallest absolute Gasteiger partial charge is 0.320 e. The molecule has 0 aromatic heterocycles. The van der Waals surface area contributed by atoms with Crippen LogP contribution in [-0.4, -0.2) is 60.3 Å². The lowest BCUT2D eigenvalue weighted by Gasteiger charge is -2.15. The van der Waals surface area contributed by atoms with Crippen LogP contribution in [0, 0.1) is 0 Å². The first-order valence-corrected chi connectivity index (χ1v) is 5.27. The number of hydrogen-bond donors (Lipinski definition) is 3. The van der Waals surface area contributed by atoms with Crippen LogP contribution in [0.4, 0.5) is 0 Å². The van der Waals surface area contributed by atoms with Crippen LogP contribution in [-0.2, 0) is 9.59 Å².